The minimum absolute atomic E-state index is 0.104. The van der Waals surface area contributed by atoms with Crippen LogP contribution in [0.25, 0.3) is 5.57 Å². The van der Waals surface area contributed by atoms with E-state index in [1.807, 2.05) is 12.1 Å². The predicted molar refractivity (Wildman–Crippen MR) is 79.4 cm³/mol. The third-order valence-electron chi connectivity index (χ3n) is 6.09. The second kappa shape index (κ2) is 4.11. The molecule has 4 rings (SSSR count). The third-order valence-corrected chi connectivity index (χ3v) is 6.09. The van der Waals surface area contributed by atoms with Crippen molar-refractivity contribution in [1.29, 1.82) is 0 Å². The largest absolute Gasteiger partial charge is 0.508 e. The fourth-order valence-corrected chi connectivity index (χ4v) is 4.88. The van der Waals surface area contributed by atoms with Crippen LogP contribution in [0.5, 0.6) is 5.75 Å². The van der Waals surface area contributed by atoms with E-state index in [9.17, 15) is 10.2 Å². The quantitative estimate of drug-likeness (QED) is 0.755. The topological polar surface area (TPSA) is 40.5 Å². The van der Waals surface area contributed by atoms with Crippen LogP contribution in [0.2, 0.25) is 0 Å². The van der Waals surface area contributed by atoms with E-state index in [2.05, 4.69) is 13.0 Å². The summed E-state index contributed by atoms with van der Waals surface area (Å²) < 4.78 is 0. The number of benzene rings is 1. The molecule has 0 amide bonds. The molecule has 3 aliphatic carbocycles. The summed E-state index contributed by atoms with van der Waals surface area (Å²) >= 11 is 0. The highest BCUT2D eigenvalue weighted by molar-refractivity contribution is 5.75. The van der Waals surface area contributed by atoms with Crippen molar-refractivity contribution >= 4 is 5.57 Å². The Hall–Kier alpha value is -1.28. The summed E-state index contributed by atoms with van der Waals surface area (Å²) in [5.74, 6) is 0.952. The lowest BCUT2D eigenvalue weighted by atomic mass is 9.62. The number of aliphatic hydroxyl groups excluding tert-OH is 1. The van der Waals surface area contributed by atoms with Crippen molar-refractivity contribution < 1.29 is 10.2 Å². The van der Waals surface area contributed by atoms with Crippen LogP contribution in [0, 0.1) is 11.3 Å². The molecule has 20 heavy (non-hydrogen) atoms. The van der Waals surface area contributed by atoms with Crippen molar-refractivity contribution in [3.8, 4) is 5.75 Å². The number of fused-ring (bicyclic) bond motifs is 4. The van der Waals surface area contributed by atoms with Crippen molar-refractivity contribution in [2.24, 2.45) is 11.3 Å². The highest BCUT2D eigenvalue weighted by atomic mass is 16.3. The Labute approximate surface area is 120 Å². The Kier molecular flexibility index (Phi) is 2.56. The SMILES string of the molecule is C[C@]12CCC3=C(CCc4cc(O)ccc43)C1CC[C@H]2O. The molecule has 1 fully saturated rings. The Morgan fingerprint density at radius 1 is 1.15 bits per heavy atom. The summed E-state index contributed by atoms with van der Waals surface area (Å²) in [6.07, 6.45) is 6.30. The Morgan fingerprint density at radius 3 is 2.85 bits per heavy atom. The highest BCUT2D eigenvalue weighted by Crippen LogP contribution is 2.58. The number of hydrogen-bond donors (Lipinski definition) is 2. The molecular weight excluding hydrogens is 248 g/mol. The maximum absolute atomic E-state index is 10.3. The highest BCUT2D eigenvalue weighted by Gasteiger charge is 2.50. The van der Waals surface area contributed by atoms with Gasteiger partial charge in [0.25, 0.3) is 0 Å². The number of aryl methyl sites for hydroxylation is 1. The zero-order valence-corrected chi connectivity index (χ0v) is 12.0. The van der Waals surface area contributed by atoms with Crippen LogP contribution in [0.15, 0.2) is 23.8 Å². The van der Waals surface area contributed by atoms with Crippen molar-refractivity contribution in [3.05, 3.63) is 34.9 Å². The number of aromatic hydroxyl groups is 1. The van der Waals surface area contributed by atoms with E-state index in [0.29, 0.717) is 11.7 Å². The Balaban J connectivity index is 1.83. The van der Waals surface area contributed by atoms with Gasteiger partial charge in [0.15, 0.2) is 0 Å². The molecule has 0 bridgehead atoms. The fraction of sp³-hybridized carbons (Fsp3) is 0.556. The number of phenolic OH excluding ortho intramolecular Hbond substituents is 1. The monoisotopic (exact) mass is 270 g/mol. The van der Waals surface area contributed by atoms with Gasteiger partial charge in [-0.1, -0.05) is 18.6 Å². The number of aliphatic hydroxyl groups is 1. The molecule has 0 spiro atoms. The van der Waals surface area contributed by atoms with E-state index in [1.54, 1.807) is 5.57 Å². The van der Waals surface area contributed by atoms with Crippen LogP contribution >= 0.6 is 0 Å². The zero-order valence-electron chi connectivity index (χ0n) is 12.0. The molecule has 2 N–H and O–H groups in total. The van der Waals surface area contributed by atoms with Gasteiger partial charge in [-0.05, 0) is 73.3 Å². The average Bonchev–Trinajstić information content (AvgIpc) is 2.74. The molecule has 0 saturated heterocycles. The zero-order chi connectivity index (χ0) is 13.9. The molecule has 0 radical (unpaired) electrons. The minimum atomic E-state index is -0.122. The Bertz CT molecular complexity index is 601. The van der Waals surface area contributed by atoms with Crippen molar-refractivity contribution in [2.75, 3.05) is 0 Å². The molecular formula is C18H22O2. The number of phenols is 1. The van der Waals surface area contributed by atoms with Gasteiger partial charge in [0, 0.05) is 5.41 Å². The van der Waals surface area contributed by atoms with E-state index in [-0.39, 0.29) is 11.5 Å². The first-order valence-corrected chi connectivity index (χ1v) is 7.82. The predicted octanol–water partition coefficient (Wildman–Crippen LogP) is 3.66. The number of allylic oxidation sites excluding steroid dienone is 2. The molecule has 1 aromatic rings. The maximum Gasteiger partial charge on any atom is 0.115 e. The second-order valence-corrected chi connectivity index (χ2v) is 7.00. The smallest absolute Gasteiger partial charge is 0.115 e. The molecule has 2 heteroatoms. The van der Waals surface area contributed by atoms with E-state index in [4.69, 9.17) is 0 Å². The van der Waals surface area contributed by atoms with Gasteiger partial charge >= 0.3 is 0 Å². The Morgan fingerprint density at radius 2 is 2.00 bits per heavy atom. The summed E-state index contributed by atoms with van der Waals surface area (Å²) in [7, 11) is 0. The van der Waals surface area contributed by atoms with Crippen LogP contribution in [0.4, 0.5) is 0 Å². The van der Waals surface area contributed by atoms with E-state index in [0.717, 1.165) is 38.5 Å². The van der Waals surface area contributed by atoms with Gasteiger partial charge in [0.1, 0.15) is 5.75 Å². The van der Waals surface area contributed by atoms with Gasteiger partial charge in [-0.2, -0.15) is 0 Å². The van der Waals surface area contributed by atoms with Crippen molar-refractivity contribution in [1.82, 2.24) is 0 Å². The lowest BCUT2D eigenvalue weighted by molar-refractivity contribution is 0.0379. The number of hydrogen-bond acceptors (Lipinski definition) is 2. The van der Waals surface area contributed by atoms with Gasteiger partial charge < -0.3 is 10.2 Å². The molecule has 0 aromatic heterocycles. The first-order valence-electron chi connectivity index (χ1n) is 7.82. The molecule has 1 unspecified atom stereocenters. The van der Waals surface area contributed by atoms with Gasteiger partial charge in [0.2, 0.25) is 0 Å². The fourth-order valence-electron chi connectivity index (χ4n) is 4.88. The van der Waals surface area contributed by atoms with Gasteiger partial charge in [-0.15, -0.1) is 0 Å². The standard InChI is InChI=1S/C18H22O2/c1-18-9-8-14-13-5-3-12(19)10-11(13)2-4-15(14)16(18)6-7-17(18)20/h3,5,10,16-17,19-20H,2,4,6-9H2,1H3/t16?,17-,18+/m1/s1. The average molecular weight is 270 g/mol. The molecule has 1 aromatic carbocycles. The van der Waals surface area contributed by atoms with Gasteiger partial charge in [-0.25, -0.2) is 0 Å². The maximum atomic E-state index is 10.3. The summed E-state index contributed by atoms with van der Waals surface area (Å²) in [5, 5.41) is 20.0. The lowest BCUT2D eigenvalue weighted by Gasteiger charge is -2.43. The lowest BCUT2D eigenvalue weighted by Crippen LogP contribution is -2.37. The molecule has 0 heterocycles. The minimum Gasteiger partial charge on any atom is -0.508 e. The first-order chi connectivity index (χ1) is 9.59. The van der Waals surface area contributed by atoms with E-state index < -0.39 is 0 Å². The van der Waals surface area contributed by atoms with Crippen LogP contribution in [0.3, 0.4) is 0 Å². The van der Waals surface area contributed by atoms with Crippen LogP contribution in [-0.4, -0.2) is 16.3 Å². The molecule has 0 aliphatic heterocycles. The summed E-state index contributed by atoms with van der Waals surface area (Å²) in [6.45, 7) is 2.28. The summed E-state index contributed by atoms with van der Waals surface area (Å²) in [4.78, 5) is 0. The van der Waals surface area contributed by atoms with Gasteiger partial charge in [-0.3, -0.25) is 0 Å². The molecule has 1 saturated carbocycles. The third kappa shape index (κ3) is 1.54. The van der Waals surface area contributed by atoms with E-state index in [1.165, 1.54) is 16.7 Å². The molecule has 106 valence electrons. The first kappa shape index (κ1) is 12.5. The van der Waals surface area contributed by atoms with Crippen molar-refractivity contribution in [2.45, 2.75) is 51.6 Å². The second-order valence-electron chi connectivity index (χ2n) is 7.00. The van der Waals surface area contributed by atoms with Crippen LogP contribution < -0.4 is 0 Å². The summed E-state index contributed by atoms with van der Waals surface area (Å²) in [6, 6.07) is 5.83. The summed E-state index contributed by atoms with van der Waals surface area (Å²) in [5.41, 5.74) is 5.88. The molecule has 3 atom stereocenters. The van der Waals surface area contributed by atoms with Crippen molar-refractivity contribution in [3.63, 3.8) is 0 Å². The van der Waals surface area contributed by atoms with E-state index >= 15 is 0 Å². The number of rotatable bonds is 0. The van der Waals surface area contributed by atoms with Gasteiger partial charge in [0.05, 0.1) is 6.10 Å². The van der Waals surface area contributed by atoms with Crippen LogP contribution in [0.1, 0.15) is 50.2 Å². The normalized spacial score (nSPS) is 35.5. The van der Waals surface area contributed by atoms with Crippen LogP contribution in [-0.2, 0) is 6.42 Å². The molecule has 3 aliphatic rings. The molecule has 2 nitrogen and oxygen atoms in total.